The van der Waals surface area contributed by atoms with E-state index in [-0.39, 0.29) is 23.6 Å². The minimum absolute atomic E-state index is 0.0836. The molecule has 194 valence electrons. The number of rotatable bonds is 9. The Morgan fingerprint density at radius 2 is 1.92 bits per heavy atom. The second-order valence-corrected chi connectivity index (χ2v) is 10.9. The predicted molar refractivity (Wildman–Crippen MR) is 158 cm³/mol. The lowest BCUT2D eigenvalue weighted by Gasteiger charge is -2.32. The summed E-state index contributed by atoms with van der Waals surface area (Å²) in [6, 6.07) is 24.7. The molecule has 0 radical (unpaired) electrons. The standard InChI is InChI=1S/C33H34N2O2S/c1-3-4-20-38-21-19-35-32(33(35)37)29-17-18-30(34-22-24-9-6-5-7-10-24)31-27(11-8-12-28(29)31)23(2)25-13-15-26(36)16-14-25/h5-7,9-10,13-18,27,32,34,36H,2-4,8,11-12,20,22H2,1H3. The van der Waals surface area contributed by atoms with Crippen molar-refractivity contribution in [3.05, 3.63) is 101 Å². The third-order valence-electron chi connectivity index (χ3n) is 7.44. The number of phenolic OH excluding ortho intramolecular Hbond substituents is 1. The Morgan fingerprint density at radius 1 is 1.13 bits per heavy atom. The van der Waals surface area contributed by atoms with Crippen LogP contribution in [0.4, 0.5) is 5.69 Å². The Kier molecular flexibility index (Phi) is 8.10. The van der Waals surface area contributed by atoms with E-state index in [9.17, 15) is 9.90 Å². The average Bonchev–Trinajstić information content (AvgIpc) is 3.59. The van der Waals surface area contributed by atoms with E-state index in [1.165, 1.54) is 16.7 Å². The van der Waals surface area contributed by atoms with Gasteiger partial charge in [-0.2, -0.15) is 0 Å². The zero-order valence-corrected chi connectivity index (χ0v) is 22.7. The summed E-state index contributed by atoms with van der Waals surface area (Å²) in [5.74, 6) is 1.45. The van der Waals surface area contributed by atoms with Crippen LogP contribution < -0.4 is 5.32 Å². The summed E-state index contributed by atoms with van der Waals surface area (Å²) in [5, 5.41) is 16.6. The SMILES string of the molecule is C=C(c1ccc(O)cc1)C1CCCc2c(C3C(=O)N3C#CSCCCC)ccc(NCc3ccccc3)c21. The van der Waals surface area contributed by atoms with E-state index >= 15 is 0 Å². The first-order valence-corrected chi connectivity index (χ1v) is 14.4. The quantitative estimate of drug-likeness (QED) is 0.174. The van der Waals surface area contributed by atoms with E-state index in [2.05, 4.69) is 66.5 Å². The fourth-order valence-electron chi connectivity index (χ4n) is 5.33. The van der Waals surface area contributed by atoms with E-state index in [1.807, 2.05) is 18.2 Å². The molecule has 2 N–H and O–H groups in total. The van der Waals surface area contributed by atoms with Crippen LogP contribution in [0.15, 0.2) is 73.3 Å². The van der Waals surface area contributed by atoms with Crippen molar-refractivity contribution in [1.82, 2.24) is 4.90 Å². The lowest BCUT2D eigenvalue weighted by molar-refractivity contribution is -0.113. The minimum Gasteiger partial charge on any atom is -0.508 e. The van der Waals surface area contributed by atoms with E-state index in [1.54, 1.807) is 28.8 Å². The molecule has 0 saturated carbocycles. The molecule has 1 saturated heterocycles. The Morgan fingerprint density at radius 3 is 2.68 bits per heavy atom. The van der Waals surface area contributed by atoms with Crippen LogP contribution in [0, 0.1) is 11.3 Å². The van der Waals surface area contributed by atoms with E-state index in [4.69, 9.17) is 0 Å². The van der Waals surface area contributed by atoms with Crippen molar-refractivity contribution >= 4 is 28.9 Å². The molecular weight excluding hydrogens is 488 g/mol. The molecule has 3 aromatic carbocycles. The molecule has 1 fully saturated rings. The van der Waals surface area contributed by atoms with Gasteiger partial charge in [-0.15, -0.1) is 0 Å². The minimum atomic E-state index is -0.285. The third kappa shape index (κ3) is 5.61. The van der Waals surface area contributed by atoms with Crippen molar-refractivity contribution in [3.63, 3.8) is 0 Å². The van der Waals surface area contributed by atoms with Gasteiger partial charge >= 0.3 is 0 Å². The van der Waals surface area contributed by atoms with Crippen molar-refractivity contribution in [2.45, 2.75) is 57.5 Å². The zero-order chi connectivity index (χ0) is 26.5. The first-order chi connectivity index (χ1) is 18.6. The second-order valence-electron chi connectivity index (χ2n) is 9.98. The summed E-state index contributed by atoms with van der Waals surface area (Å²) >= 11 is 1.59. The molecule has 0 aromatic heterocycles. The second kappa shape index (κ2) is 11.8. The molecule has 2 aliphatic rings. The molecule has 2 atom stereocenters. The summed E-state index contributed by atoms with van der Waals surface area (Å²) in [7, 11) is 0. The molecule has 4 nitrogen and oxygen atoms in total. The number of amides is 1. The zero-order valence-electron chi connectivity index (χ0n) is 21.9. The number of carbonyl (C=O) groups excluding carboxylic acids is 1. The van der Waals surface area contributed by atoms with Gasteiger partial charge < -0.3 is 10.4 Å². The van der Waals surface area contributed by atoms with E-state index in [0.717, 1.165) is 66.8 Å². The lowest BCUT2D eigenvalue weighted by Crippen LogP contribution is -2.17. The Hall–Kier alpha value is -3.62. The van der Waals surface area contributed by atoms with Crippen molar-refractivity contribution in [2.75, 3.05) is 11.1 Å². The van der Waals surface area contributed by atoms with Crippen LogP contribution in [0.25, 0.3) is 5.57 Å². The largest absolute Gasteiger partial charge is 0.508 e. The van der Waals surface area contributed by atoms with Crippen LogP contribution in [0.5, 0.6) is 5.75 Å². The number of fused-ring (bicyclic) bond motifs is 1. The molecule has 1 amide bonds. The molecule has 5 rings (SSSR count). The van der Waals surface area contributed by atoms with Gasteiger partial charge in [0.05, 0.1) is 0 Å². The number of benzene rings is 3. The highest BCUT2D eigenvalue weighted by Crippen LogP contribution is 2.49. The fraction of sp³-hybridized carbons (Fsp3) is 0.303. The summed E-state index contributed by atoms with van der Waals surface area (Å²) in [6.07, 6.45) is 5.23. The Balaban J connectivity index is 1.48. The lowest BCUT2D eigenvalue weighted by atomic mass is 9.74. The van der Waals surface area contributed by atoms with Crippen molar-refractivity contribution < 1.29 is 9.90 Å². The molecule has 38 heavy (non-hydrogen) atoms. The van der Waals surface area contributed by atoms with Gasteiger partial charge in [0.2, 0.25) is 0 Å². The molecule has 3 aromatic rings. The maximum atomic E-state index is 12.8. The number of allylic oxidation sites excluding steroid dienone is 1. The molecule has 1 heterocycles. The van der Waals surface area contributed by atoms with Gasteiger partial charge in [-0.3, -0.25) is 9.69 Å². The maximum absolute atomic E-state index is 12.8. The van der Waals surface area contributed by atoms with Gasteiger partial charge in [0, 0.05) is 29.9 Å². The Labute approximate surface area is 230 Å². The van der Waals surface area contributed by atoms with Gasteiger partial charge in [0.15, 0.2) is 6.04 Å². The third-order valence-corrected chi connectivity index (χ3v) is 8.17. The highest BCUT2D eigenvalue weighted by atomic mass is 32.2. The number of phenols is 1. The number of hydrogen-bond acceptors (Lipinski definition) is 4. The van der Waals surface area contributed by atoms with Crippen LogP contribution in [0.1, 0.15) is 72.4 Å². The van der Waals surface area contributed by atoms with Gasteiger partial charge in [-0.05, 0) is 82.5 Å². The summed E-state index contributed by atoms with van der Waals surface area (Å²) in [4.78, 5) is 14.5. The first kappa shape index (κ1) is 26.0. The van der Waals surface area contributed by atoms with Crippen LogP contribution >= 0.6 is 11.8 Å². The molecule has 0 bridgehead atoms. The molecular formula is C33H34N2O2S. The number of aromatic hydroxyl groups is 1. The van der Waals surface area contributed by atoms with Crippen molar-refractivity contribution in [1.29, 1.82) is 0 Å². The topological polar surface area (TPSA) is 52.3 Å². The molecule has 0 spiro atoms. The molecule has 2 unspecified atom stereocenters. The number of nitrogens with zero attached hydrogens (tertiary/aromatic N) is 1. The smallest absolute Gasteiger partial charge is 0.263 e. The predicted octanol–water partition coefficient (Wildman–Crippen LogP) is 7.47. The van der Waals surface area contributed by atoms with Gasteiger partial charge in [0.1, 0.15) is 5.75 Å². The van der Waals surface area contributed by atoms with Crippen LogP contribution in [0.3, 0.4) is 0 Å². The number of unbranched alkanes of at least 4 members (excludes halogenated alkanes) is 1. The van der Waals surface area contributed by atoms with Gasteiger partial charge in [-0.25, -0.2) is 0 Å². The summed E-state index contributed by atoms with van der Waals surface area (Å²) in [6.45, 7) is 7.40. The maximum Gasteiger partial charge on any atom is 0.263 e. The first-order valence-electron chi connectivity index (χ1n) is 13.5. The molecule has 5 heteroatoms. The van der Waals surface area contributed by atoms with E-state index < -0.39 is 0 Å². The van der Waals surface area contributed by atoms with E-state index in [0.29, 0.717) is 0 Å². The summed E-state index contributed by atoms with van der Waals surface area (Å²) < 4.78 is 0. The number of thioether (sulfide) groups is 1. The number of hydrogen-bond donors (Lipinski definition) is 2. The number of nitrogens with one attached hydrogen (secondary N) is 1. The van der Waals surface area contributed by atoms with Crippen LogP contribution in [-0.2, 0) is 17.8 Å². The van der Waals surface area contributed by atoms with Crippen LogP contribution in [-0.4, -0.2) is 21.7 Å². The van der Waals surface area contributed by atoms with Gasteiger partial charge in [-0.1, -0.05) is 80.2 Å². The Bertz CT molecular complexity index is 1370. The van der Waals surface area contributed by atoms with Crippen LogP contribution in [0.2, 0.25) is 0 Å². The highest BCUT2D eigenvalue weighted by molar-refractivity contribution is 8.03. The number of carbonyl (C=O) groups is 1. The summed E-state index contributed by atoms with van der Waals surface area (Å²) in [5.41, 5.74) is 7.95. The van der Waals surface area contributed by atoms with Gasteiger partial charge in [0.25, 0.3) is 5.91 Å². The monoisotopic (exact) mass is 522 g/mol. The highest BCUT2D eigenvalue weighted by Gasteiger charge is 2.48. The fourth-order valence-corrected chi connectivity index (χ4v) is 6.03. The normalized spacial score (nSPS) is 17.8. The number of anilines is 1. The average molecular weight is 523 g/mol. The molecule has 1 aliphatic carbocycles. The van der Waals surface area contributed by atoms with Crippen molar-refractivity contribution in [3.8, 4) is 17.0 Å². The molecule has 1 aliphatic heterocycles. The van der Waals surface area contributed by atoms with Crippen molar-refractivity contribution in [2.24, 2.45) is 0 Å².